The summed E-state index contributed by atoms with van der Waals surface area (Å²) in [5.74, 6) is 1.70. The number of hydrogen-bond donors (Lipinski definition) is 2. The van der Waals surface area contributed by atoms with Crippen molar-refractivity contribution in [1.29, 1.82) is 0 Å². The van der Waals surface area contributed by atoms with E-state index < -0.39 is 23.8 Å². The van der Waals surface area contributed by atoms with Gasteiger partial charge in [0, 0.05) is 27.3 Å². The standard InChI is InChI=1S/C29H50N4O3SSi/c1-28(2,3)37(34)32-26(22-13-14-36-29(4,5)18-22)27-31-23-17-21(25(30)20-9-10-20)11-12-24(23)33(27)19-35-15-16-38(6,7)8/h11-12,17,20,22,25-26,32H,9-10,13-16,18-19,30H2,1-8H3/t22?,25-,26+,37?/m1/s1. The Morgan fingerprint density at radius 2 is 1.95 bits per heavy atom. The predicted molar refractivity (Wildman–Crippen MR) is 160 cm³/mol. The van der Waals surface area contributed by atoms with Crippen LogP contribution in [0.1, 0.15) is 83.8 Å². The number of nitrogens with two attached hydrogens (primary N) is 1. The fraction of sp³-hybridized carbons (Fsp3) is 0.759. The third-order valence-electron chi connectivity index (χ3n) is 7.81. The van der Waals surface area contributed by atoms with Crippen molar-refractivity contribution in [3.05, 3.63) is 29.6 Å². The van der Waals surface area contributed by atoms with Gasteiger partial charge in [-0.3, -0.25) is 0 Å². The second-order valence-corrected chi connectivity index (χ2v) is 21.8. The highest BCUT2D eigenvalue weighted by molar-refractivity contribution is 7.84. The van der Waals surface area contributed by atoms with Gasteiger partial charge in [-0.1, -0.05) is 25.7 Å². The number of aromatic nitrogens is 2. The van der Waals surface area contributed by atoms with Crippen molar-refractivity contribution in [2.75, 3.05) is 13.2 Å². The molecule has 1 saturated carbocycles. The van der Waals surface area contributed by atoms with Crippen molar-refractivity contribution in [1.82, 2.24) is 14.3 Å². The van der Waals surface area contributed by atoms with Gasteiger partial charge in [0.15, 0.2) is 0 Å². The third-order valence-corrected chi connectivity index (χ3v) is 11.1. The Bertz CT molecular complexity index is 1130. The highest BCUT2D eigenvalue weighted by Gasteiger charge is 2.39. The average Bonchev–Trinajstić information content (AvgIpc) is 3.59. The number of nitrogens with one attached hydrogen (secondary N) is 1. The lowest BCUT2D eigenvalue weighted by Crippen LogP contribution is -2.44. The summed E-state index contributed by atoms with van der Waals surface area (Å²) in [4.78, 5) is 5.22. The van der Waals surface area contributed by atoms with E-state index in [0.717, 1.165) is 47.9 Å². The lowest BCUT2D eigenvalue weighted by atomic mass is 9.83. The van der Waals surface area contributed by atoms with Gasteiger partial charge in [0.05, 0.1) is 38.4 Å². The Morgan fingerprint density at radius 3 is 2.55 bits per heavy atom. The summed E-state index contributed by atoms with van der Waals surface area (Å²) >= 11 is 0. The minimum Gasteiger partial charge on any atom is -0.376 e. The number of hydrogen-bond acceptors (Lipinski definition) is 5. The highest BCUT2D eigenvalue weighted by Crippen LogP contribution is 2.41. The van der Waals surface area contributed by atoms with Crippen LogP contribution < -0.4 is 10.5 Å². The number of benzene rings is 1. The summed E-state index contributed by atoms with van der Waals surface area (Å²) in [6.45, 7) is 19.3. The summed E-state index contributed by atoms with van der Waals surface area (Å²) in [5.41, 5.74) is 9.46. The first-order chi connectivity index (χ1) is 17.6. The minimum absolute atomic E-state index is 0.0552. The number of rotatable bonds is 11. The third kappa shape index (κ3) is 7.55. The first-order valence-corrected chi connectivity index (χ1v) is 19.2. The smallest absolute Gasteiger partial charge is 0.130 e. The van der Waals surface area contributed by atoms with E-state index in [2.05, 4.69) is 61.0 Å². The van der Waals surface area contributed by atoms with Crippen LogP contribution in [0.2, 0.25) is 25.7 Å². The van der Waals surface area contributed by atoms with Gasteiger partial charge in [-0.05, 0) is 95.9 Å². The zero-order valence-electron chi connectivity index (χ0n) is 24.8. The molecule has 2 unspecified atom stereocenters. The van der Waals surface area contributed by atoms with Crippen molar-refractivity contribution in [2.24, 2.45) is 17.6 Å². The molecule has 214 valence electrons. The molecule has 0 bridgehead atoms. The Hall–Kier alpha value is -1.10. The Labute approximate surface area is 233 Å². The number of fused-ring (bicyclic) bond motifs is 1. The number of ether oxygens (including phenoxy) is 2. The molecule has 2 aromatic rings. The molecule has 7 nitrogen and oxygen atoms in total. The summed E-state index contributed by atoms with van der Waals surface area (Å²) in [5, 5.41) is 0. The van der Waals surface area contributed by atoms with Crippen LogP contribution in [0.4, 0.5) is 0 Å². The molecule has 3 N–H and O–H groups in total. The summed E-state index contributed by atoms with van der Waals surface area (Å²) in [7, 11) is -2.46. The van der Waals surface area contributed by atoms with Crippen LogP contribution in [-0.4, -0.2) is 45.4 Å². The Morgan fingerprint density at radius 1 is 1.24 bits per heavy atom. The lowest BCUT2D eigenvalue weighted by molar-refractivity contribution is -0.0781. The maximum Gasteiger partial charge on any atom is 0.130 e. The van der Waals surface area contributed by atoms with Gasteiger partial charge in [-0.2, -0.15) is 0 Å². The largest absolute Gasteiger partial charge is 0.376 e. The van der Waals surface area contributed by atoms with Gasteiger partial charge in [-0.15, -0.1) is 0 Å². The topological polar surface area (TPSA) is 91.4 Å². The molecule has 1 aromatic heterocycles. The summed E-state index contributed by atoms with van der Waals surface area (Å²) in [6.07, 6.45) is 4.16. The molecule has 2 heterocycles. The van der Waals surface area contributed by atoms with Crippen molar-refractivity contribution in [2.45, 2.75) is 115 Å². The fourth-order valence-corrected chi connectivity index (χ4v) is 6.86. The molecule has 38 heavy (non-hydrogen) atoms. The van der Waals surface area contributed by atoms with Gasteiger partial charge in [0.25, 0.3) is 0 Å². The molecule has 9 heteroatoms. The van der Waals surface area contributed by atoms with Crippen LogP contribution in [-0.2, 0) is 27.2 Å². The molecule has 1 saturated heterocycles. The first kappa shape index (κ1) is 29.9. The fourth-order valence-electron chi connectivity index (χ4n) is 5.22. The minimum atomic E-state index is -1.25. The van der Waals surface area contributed by atoms with E-state index in [0.29, 0.717) is 19.3 Å². The predicted octanol–water partition coefficient (Wildman–Crippen LogP) is 6.06. The van der Waals surface area contributed by atoms with Gasteiger partial charge < -0.3 is 19.8 Å². The molecule has 2 aliphatic rings. The average molecular weight is 563 g/mol. The van der Waals surface area contributed by atoms with Gasteiger partial charge in [0.1, 0.15) is 12.6 Å². The van der Waals surface area contributed by atoms with E-state index in [1.165, 1.54) is 12.8 Å². The molecular weight excluding hydrogens is 512 g/mol. The zero-order valence-corrected chi connectivity index (χ0v) is 26.6. The Kier molecular flexibility index (Phi) is 8.97. The van der Waals surface area contributed by atoms with E-state index in [-0.39, 0.29) is 23.6 Å². The maximum absolute atomic E-state index is 13.5. The van der Waals surface area contributed by atoms with Crippen LogP contribution in [0.25, 0.3) is 11.0 Å². The Balaban J connectivity index is 1.74. The number of imidazole rings is 1. The summed E-state index contributed by atoms with van der Waals surface area (Å²) < 4.78 is 31.1. The van der Waals surface area contributed by atoms with Crippen molar-refractivity contribution in [3.63, 3.8) is 0 Å². The molecule has 0 spiro atoms. The molecule has 4 atom stereocenters. The first-order valence-electron chi connectivity index (χ1n) is 14.3. The molecule has 1 aliphatic carbocycles. The van der Waals surface area contributed by atoms with E-state index in [9.17, 15) is 4.21 Å². The zero-order chi connectivity index (χ0) is 27.9. The van der Waals surface area contributed by atoms with E-state index in [1.54, 1.807) is 0 Å². The van der Waals surface area contributed by atoms with Gasteiger partial charge in [-0.25, -0.2) is 13.9 Å². The van der Waals surface area contributed by atoms with Crippen molar-refractivity contribution < 1.29 is 13.7 Å². The monoisotopic (exact) mass is 562 g/mol. The number of nitrogens with zero attached hydrogens (tertiary/aromatic N) is 2. The quantitative estimate of drug-likeness (QED) is 0.257. The molecule has 0 amide bonds. The van der Waals surface area contributed by atoms with E-state index in [1.807, 2.05) is 20.8 Å². The van der Waals surface area contributed by atoms with Gasteiger partial charge >= 0.3 is 0 Å². The molecular formula is C29H50N4O3SSi. The molecule has 1 aromatic carbocycles. The highest BCUT2D eigenvalue weighted by atomic mass is 32.2. The van der Waals surface area contributed by atoms with Crippen LogP contribution in [0, 0.1) is 11.8 Å². The van der Waals surface area contributed by atoms with E-state index in [4.69, 9.17) is 20.2 Å². The lowest BCUT2D eigenvalue weighted by Gasteiger charge is -2.39. The normalized spacial score (nSPS) is 22.9. The summed E-state index contributed by atoms with van der Waals surface area (Å²) in [6, 6.07) is 7.44. The van der Waals surface area contributed by atoms with Crippen molar-refractivity contribution in [3.8, 4) is 0 Å². The van der Waals surface area contributed by atoms with Gasteiger partial charge in [0.2, 0.25) is 0 Å². The second kappa shape index (κ2) is 11.4. The molecule has 0 radical (unpaired) electrons. The molecule has 2 fully saturated rings. The van der Waals surface area contributed by atoms with Crippen LogP contribution in [0.3, 0.4) is 0 Å². The van der Waals surface area contributed by atoms with Crippen LogP contribution in [0.5, 0.6) is 0 Å². The van der Waals surface area contributed by atoms with Crippen LogP contribution >= 0.6 is 0 Å². The van der Waals surface area contributed by atoms with Crippen molar-refractivity contribution >= 4 is 30.1 Å². The van der Waals surface area contributed by atoms with Crippen LogP contribution in [0.15, 0.2) is 18.2 Å². The van der Waals surface area contributed by atoms with E-state index >= 15 is 0 Å². The molecule has 4 rings (SSSR count). The second-order valence-electron chi connectivity index (χ2n) is 14.2. The molecule has 1 aliphatic heterocycles. The SMILES string of the molecule is CC1(C)CC([C@H](NS(=O)C(C)(C)C)c2nc3cc([C@H](N)C4CC4)ccc3n2COCC[Si](C)(C)C)CCO1. The maximum atomic E-state index is 13.5.